The average molecular weight is 211 g/mol. The molecule has 1 saturated carbocycles. The molecule has 0 aromatic heterocycles. The summed E-state index contributed by atoms with van der Waals surface area (Å²) in [5, 5.41) is 0. The SMILES string of the molecule is CCCC(=O)C1(N(C)C)CCCC(C)C1. The van der Waals surface area contributed by atoms with Gasteiger partial charge in [-0.2, -0.15) is 0 Å². The molecule has 1 aliphatic carbocycles. The summed E-state index contributed by atoms with van der Waals surface area (Å²) in [5.74, 6) is 1.16. The van der Waals surface area contributed by atoms with Crippen LogP contribution in [-0.4, -0.2) is 30.3 Å². The van der Waals surface area contributed by atoms with Crippen LogP contribution in [0.4, 0.5) is 0 Å². The molecule has 0 aliphatic heterocycles. The van der Waals surface area contributed by atoms with Gasteiger partial charge in [-0.1, -0.05) is 26.7 Å². The molecule has 2 nitrogen and oxygen atoms in total. The summed E-state index contributed by atoms with van der Waals surface area (Å²) in [6, 6.07) is 0. The number of nitrogens with zero attached hydrogens (tertiary/aromatic N) is 1. The van der Waals surface area contributed by atoms with Crippen LogP contribution in [0.5, 0.6) is 0 Å². The highest BCUT2D eigenvalue weighted by molar-refractivity contribution is 5.88. The minimum Gasteiger partial charge on any atom is -0.298 e. The molecule has 0 aromatic rings. The van der Waals surface area contributed by atoms with Gasteiger partial charge in [-0.25, -0.2) is 0 Å². The Labute approximate surface area is 94.0 Å². The van der Waals surface area contributed by atoms with Crippen LogP contribution in [0.1, 0.15) is 52.4 Å². The molecule has 2 atom stereocenters. The number of Topliss-reactive ketones (excluding diaryl/α,β-unsaturated/α-hetero) is 1. The second kappa shape index (κ2) is 5.11. The molecule has 0 N–H and O–H groups in total. The van der Waals surface area contributed by atoms with Gasteiger partial charge in [-0.15, -0.1) is 0 Å². The zero-order valence-corrected chi connectivity index (χ0v) is 10.7. The maximum absolute atomic E-state index is 12.3. The predicted octanol–water partition coefficient (Wildman–Crippen LogP) is 2.87. The van der Waals surface area contributed by atoms with E-state index in [0.717, 1.165) is 25.7 Å². The fraction of sp³-hybridized carbons (Fsp3) is 0.923. The number of hydrogen-bond acceptors (Lipinski definition) is 2. The van der Waals surface area contributed by atoms with Crippen LogP contribution in [0.2, 0.25) is 0 Å². The van der Waals surface area contributed by atoms with E-state index in [1.54, 1.807) is 0 Å². The quantitative estimate of drug-likeness (QED) is 0.712. The van der Waals surface area contributed by atoms with E-state index in [0.29, 0.717) is 11.7 Å². The molecule has 1 aliphatic rings. The van der Waals surface area contributed by atoms with Crippen molar-refractivity contribution in [2.24, 2.45) is 5.92 Å². The van der Waals surface area contributed by atoms with Gasteiger partial charge in [0.2, 0.25) is 0 Å². The molecule has 0 saturated heterocycles. The van der Waals surface area contributed by atoms with E-state index in [2.05, 4.69) is 32.8 Å². The second-order valence-corrected chi connectivity index (χ2v) is 5.30. The lowest BCUT2D eigenvalue weighted by molar-refractivity contribution is -0.132. The predicted molar refractivity (Wildman–Crippen MR) is 64.0 cm³/mol. The van der Waals surface area contributed by atoms with Crippen molar-refractivity contribution in [1.82, 2.24) is 4.90 Å². The van der Waals surface area contributed by atoms with Crippen molar-refractivity contribution < 1.29 is 4.79 Å². The summed E-state index contributed by atoms with van der Waals surface area (Å²) in [5.41, 5.74) is -0.145. The zero-order chi connectivity index (χ0) is 11.5. The van der Waals surface area contributed by atoms with E-state index in [1.165, 1.54) is 12.8 Å². The maximum Gasteiger partial charge on any atom is 0.153 e. The summed E-state index contributed by atoms with van der Waals surface area (Å²) >= 11 is 0. The lowest BCUT2D eigenvalue weighted by atomic mass is 9.72. The van der Waals surface area contributed by atoms with Crippen LogP contribution >= 0.6 is 0 Å². The first-order valence-corrected chi connectivity index (χ1v) is 6.23. The van der Waals surface area contributed by atoms with E-state index in [-0.39, 0.29) is 5.54 Å². The molecule has 0 heterocycles. The Kier molecular flexibility index (Phi) is 4.32. The van der Waals surface area contributed by atoms with Gasteiger partial charge in [0, 0.05) is 6.42 Å². The summed E-state index contributed by atoms with van der Waals surface area (Å²) in [7, 11) is 4.12. The molecule has 0 aromatic carbocycles. The molecule has 0 spiro atoms. The van der Waals surface area contributed by atoms with Gasteiger partial charge in [0.15, 0.2) is 5.78 Å². The number of ketones is 1. The molecule has 2 unspecified atom stereocenters. The highest BCUT2D eigenvalue weighted by Crippen LogP contribution is 2.37. The topological polar surface area (TPSA) is 20.3 Å². The first kappa shape index (κ1) is 12.7. The number of carbonyl (C=O) groups excluding carboxylic acids is 1. The van der Waals surface area contributed by atoms with Crippen LogP contribution in [0.3, 0.4) is 0 Å². The summed E-state index contributed by atoms with van der Waals surface area (Å²) in [6.07, 6.45) is 6.32. The van der Waals surface area contributed by atoms with Crippen LogP contribution in [0.25, 0.3) is 0 Å². The molecular weight excluding hydrogens is 186 g/mol. The Morgan fingerprint density at radius 2 is 2.13 bits per heavy atom. The Bertz CT molecular complexity index is 225. The van der Waals surface area contributed by atoms with Crippen LogP contribution < -0.4 is 0 Å². The third-order valence-corrected chi connectivity index (χ3v) is 3.83. The Balaban J connectivity index is 2.82. The molecule has 0 amide bonds. The van der Waals surface area contributed by atoms with Crippen molar-refractivity contribution in [3.63, 3.8) is 0 Å². The van der Waals surface area contributed by atoms with Crippen LogP contribution in [-0.2, 0) is 4.79 Å². The third-order valence-electron chi connectivity index (χ3n) is 3.83. The van der Waals surface area contributed by atoms with Crippen molar-refractivity contribution in [3.05, 3.63) is 0 Å². The summed E-state index contributed by atoms with van der Waals surface area (Å²) < 4.78 is 0. The highest BCUT2D eigenvalue weighted by atomic mass is 16.1. The molecule has 1 rings (SSSR count). The van der Waals surface area contributed by atoms with Gasteiger partial charge < -0.3 is 0 Å². The van der Waals surface area contributed by atoms with Crippen molar-refractivity contribution in [3.8, 4) is 0 Å². The van der Waals surface area contributed by atoms with Crippen molar-refractivity contribution in [2.75, 3.05) is 14.1 Å². The molecule has 0 bridgehead atoms. The van der Waals surface area contributed by atoms with Gasteiger partial charge in [-0.3, -0.25) is 9.69 Å². The monoisotopic (exact) mass is 211 g/mol. The number of likely N-dealkylation sites (N-methyl/N-ethyl adjacent to an activating group) is 1. The van der Waals surface area contributed by atoms with Crippen molar-refractivity contribution in [2.45, 2.75) is 57.9 Å². The van der Waals surface area contributed by atoms with Crippen molar-refractivity contribution in [1.29, 1.82) is 0 Å². The Morgan fingerprint density at radius 3 is 2.60 bits per heavy atom. The van der Waals surface area contributed by atoms with Gasteiger partial charge in [0.05, 0.1) is 5.54 Å². The zero-order valence-electron chi connectivity index (χ0n) is 10.7. The van der Waals surface area contributed by atoms with Crippen molar-refractivity contribution >= 4 is 5.78 Å². The highest BCUT2D eigenvalue weighted by Gasteiger charge is 2.42. The first-order chi connectivity index (χ1) is 7.03. The average Bonchev–Trinajstić information content (AvgIpc) is 2.17. The largest absolute Gasteiger partial charge is 0.298 e. The molecule has 1 fully saturated rings. The Hall–Kier alpha value is -0.370. The smallest absolute Gasteiger partial charge is 0.153 e. The number of rotatable bonds is 4. The molecule has 15 heavy (non-hydrogen) atoms. The molecule has 0 radical (unpaired) electrons. The Morgan fingerprint density at radius 1 is 1.47 bits per heavy atom. The normalized spacial score (nSPS) is 31.9. The fourth-order valence-corrected chi connectivity index (χ4v) is 2.89. The number of hydrogen-bond donors (Lipinski definition) is 0. The second-order valence-electron chi connectivity index (χ2n) is 5.30. The maximum atomic E-state index is 12.3. The van der Waals surface area contributed by atoms with E-state index < -0.39 is 0 Å². The van der Waals surface area contributed by atoms with E-state index >= 15 is 0 Å². The fourth-order valence-electron chi connectivity index (χ4n) is 2.89. The molecular formula is C13H25NO. The van der Waals surface area contributed by atoms with Gasteiger partial charge in [0.1, 0.15) is 0 Å². The lowest BCUT2D eigenvalue weighted by Gasteiger charge is -2.44. The third kappa shape index (κ3) is 2.60. The molecule has 88 valence electrons. The first-order valence-electron chi connectivity index (χ1n) is 6.23. The number of carbonyl (C=O) groups is 1. The lowest BCUT2D eigenvalue weighted by Crippen LogP contribution is -2.53. The van der Waals surface area contributed by atoms with Crippen LogP contribution in [0, 0.1) is 5.92 Å². The van der Waals surface area contributed by atoms with E-state index in [1.807, 2.05) is 0 Å². The van der Waals surface area contributed by atoms with E-state index in [9.17, 15) is 4.79 Å². The van der Waals surface area contributed by atoms with Gasteiger partial charge in [0.25, 0.3) is 0 Å². The van der Waals surface area contributed by atoms with Crippen LogP contribution in [0.15, 0.2) is 0 Å². The minimum atomic E-state index is -0.145. The minimum absolute atomic E-state index is 0.145. The van der Waals surface area contributed by atoms with E-state index in [4.69, 9.17) is 0 Å². The van der Waals surface area contributed by atoms with Gasteiger partial charge in [-0.05, 0) is 39.3 Å². The summed E-state index contributed by atoms with van der Waals surface area (Å²) in [6.45, 7) is 4.37. The summed E-state index contributed by atoms with van der Waals surface area (Å²) in [4.78, 5) is 14.4. The standard InChI is InChI=1S/C13H25NO/c1-5-7-12(15)13(14(3)4)9-6-8-11(2)10-13/h11H,5-10H2,1-4H3. The molecule has 2 heteroatoms. The van der Waals surface area contributed by atoms with Gasteiger partial charge >= 0.3 is 0 Å².